The van der Waals surface area contributed by atoms with Gasteiger partial charge in [-0.2, -0.15) is 0 Å². The Bertz CT molecular complexity index is 432. The Morgan fingerprint density at radius 2 is 2.12 bits per heavy atom. The second-order valence-corrected chi connectivity index (χ2v) is 4.15. The second-order valence-electron chi connectivity index (χ2n) is 4.15. The number of hydrogen-bond acceptors (Lipinski definition) is 4. The van der Waals surface area contributed by atoms with Crippen LogP contribution in [0.1, 0.15) is 25.3 Å². The van der Waals surface area contributed by atoms with Crippen LogP contribution in [-0.4, -0.2) is 22.9 Å². The van der Waals surface area contributed by atoms with Crippen molar-refractivity contribution in [2.75, 3.05) is 16.7 Å². The van der Waals surface area contributed by atoms with E-state index in [0.29, 0.717) is 25.1 Å². The summed E-state index contributed by atoms with van der Waals surface area (Å²) in [6.07, 6.45) is 2.03. The fourth-order valence-corrected chi connectivity index (χ4v) is 2.14. The summed E-state index contributed by atoms with van der Waals surface area (Å²) in [7, 11) is 0. The van der Waals surface area contributed by atoms with E-state index in [1.807, 2.05) is 6.92 Å². The molecule has 92 valence electrons. The van der Waals surface area contributed by atoms with Crippen molar-refractivity contribution >= 4 is 17.3 Å². The molecule has 0 saturated heterocycles. The van der Waals surface area contributed by atoms with Gasteiger partial charge in [-0.3, -0.25) is 15.2 Å². The number of amides is 1. The van der Waals surface area contributed by atoms with E-state index >= 15 is 0 Å². The van der Waals surface area contributed by atoms with Gasteiger partial charge in [-0.1, -0.05) is 6.92 Å². The summed E-state index contributed by atoms with van der Waals surface area (Å²) in [6, 6.07) is 5.04. The smallest absolute Gasteiger partial charge is 0.227 e. The highest BCUT2D eigenvalue weighted by Crippen LogP contribution is 2.30. The molecule has 5 nitrogen and oxygen atoms in total. The Hall–Kier alpha value is -1.59. The largest absolute Gasteiger partial charge is 0.312 e. The van der Waals surface area contributed by atoms with E-state index < -0.39 is 0 Å². The number of rotatable bonds is 3. The molecule has 0 fully saturated rings. The van der Waals surface area contributed by atoms with Crippen molar-refractivity contribution in [1.29, 1.82) is 0 Å². The van der Waals surface area contributed by atoms with Crippen molar-refractivity contribution in [2.45, 2.75) is 26.2 Å². The molecular weight excluding hydrogens is 220 g/mol. The fraction of sp³-hybridized carbons (Fsp3) is 0.417. The number of anilines is 2. The molecule has 17 heavy (non-hydrogen) atoms. The van der Waals surface area contributed by atoms with Crippen LogP contribution in [-0.2, 0) is 11.2 Å². The molecule has 0 atom stereocenters. The standard InChI is InChI=1S/C12H16N2O3/c1-2-7-13-11-5-4-10(14(16)17)8-9(11)3-6-12(13)15/h4-5,8,16-17H,2-3,6-7H2,1H3. The Balaban J connectivity index is 2.37. The van der Waals surface area contributed by atoms with Crippen molar-refractivity contribution in [1.82, 2.24) is 0 Å². The highest BCUT2D eigenvalue weighted by atomic mass is 16.8. The summed E-state index contributed by atoms with van der Waals surface area (Å²) >= 11 is 0. The van der Waals surface area contributed by atoms with Gasteiger partial charge in [0.25, 0.3) is 0 Å². The van der Waals surface area contributed by atoms with Crippen LogP contribution in [0.25, 0.3) is 0 Å². The third-order valence-corrected chi connectivity index (χ3v) is 2.94. The lowest BCUT2D eigenvalue weighted by Gasteiger charge is -2.29. The van der Waals surface area contributed by atoms with Crippen LogP contribution >= 0.6 is 0 Å². The predicted molar refractivity (Wildman–Crippen MR) is 63.5 cm³/mol. The van der Waals surface area contributed by atoms with E-state index in [0.717, 1.165) is 17.7 Å². The van der Waals surface area contributed by atoms with Crippen LogP contribution in [0.2, 0.25) is 0 Å². The van der Waals surface area contributed by atoms with Gasteiger partial charge in [0.1, 0.15) is 0 Å². The monoisotopic (exact) mass is 236 g/mol. The maximum atomic E-state index is 11.8. The van der Waals surface area contributed by atoms with Crippen molar-refractivity contribution in [3.05, 3.63) is 23.8 Å². The van der Waals surface area contributed by atoms with Gasteiger partial charge in [0, 0.05) is 18.7 Å². The van der Waals surface area contributed by atoms with Crippen LogP contribution in [0.5, 0.6) is 0 Å². The molecular formula is C12H16N2O3. The second kappa shape index (κ2) is 4.73. The average molecular weight is 236 g/mol. The first-order valence-corrected chi connectivity index (χ1v) is 5.74. The summed E-state index contributed by atoms with van der Waals surface area (Å²) in [4.78, 5) is 13.5. The zero-order chi connectivity index (χ0) is 12.4. The maximum Gasteiger partial charge on any atom is 0.227 e. The molecule has 1 aromatic carbocycles. The number of aryl methyl sites for hydroxylation is 1. The molecule has 5 heteroatoms. The third kappa shape index (κ3) is 2.25. The Kier molecular flexibility index (Phi) is 3.31. The molecule has 1 aliphatic rings. The molecule has 1 amide bonds. The number of fused-ring (bicyclic) bond motifs is 1. The summed E-state index contributed by atoms with van der Waals surface area (Å²) in [5, 5.41) is 18.0. The molecule has 0 unspecified atom stereocenters. The minimum atomic E-state index is 0.0981. The minimum Gasteiger partial charge on any atom is -0.312 e. The van der Waals surface area contributed by atoms with Gasteiger partial charge in [-0.25, -0.2) is 0 Å². The first-order valence-electron chi connectivity index (χ1n) is 5.74. The summed E-state index contributed by atoms with van der Waals surface area (Å²) in [5.41, 5.74) is 2.17. The molecule has 0 spiro atoms. The van der Waals surface area contributed by atoms with E-state index in [1.165, 1.54) is 0 Å². The van der Waals surface area contributed by atoms with Crippen LogP contribution in [0.15, 0.2) is 18.2 Å². The molecule has 0 aliphatic carbocycles. The summed E-state index contributed by atoms with van der Waals surface area (Å²) in [5.74, 6) is 0.136. The van der Waals surface area contributed by atoms with Gasteiger partial charge in [0.2, 0.25) is 5.91 Å². The van der Waals surface area contributed by atoms with E-state index in [4.69, 9.17) is 10.4 Å². The van der Waals surface area contributed by atoms with E-state index in [2.05, 4.69) is 0 Å². The SMILES string of the molecule is CCCN1C(=O)CCc2cc(N(O)O)ccc21. The minimum absolute atomic E-state index is 0.0981. The number of carbonyl (C=O) groups excluding carboxylic acids is 1. The zero-order valence-corrected chi connectivity index (χ0v) is 9.76. The van der Waals surface area contributed by atoms with Gasteiger partial charge < -0.3 is 4.90 Å². The molecule has 1 aromatic rings. The van der Waals surface area contributed by atoms with Gasteiger partial charge in [0.15, 0.2) is 0 Å². The topological polar surface area (TPSA) is 64.0 Å². The third-order valence-electron chi connectivity index (χ3n) is 2.94. The van der Waals surface area contributed by atoms with Gasteiger partial charge in [-0.05, 0) is 36.6 Å². The molecule has 2 N–H and O–H groups in total. The lowest BCUT2D eigenvalue weighted by molar-refractivity contribution is -0.118. The van der Waals surface area contributed by atoms with Crippen LogP contribution in [0.4, 0.5) is 11.4 Å². The first kappa shape index (κ1) is 11.9. The highest BCUT2D eigenvalue weighted by Gasteiger charge is 2.23. The number of benzene rings is 1. The number of hydrogen-bond donors (Lipinski definition) is 2. The zero-order valence-electron chi connectivity index (χ0n) is 9.76. The Morgan fingerprint density at radius 1 is 1.35 bits per heavy atom. The summed E-state index contributed by atoms with van der Waals surface area (Å²) in [6.45, 7) is 2.73. The molecule has 2 rings (SSSR count). The van der Waals surface area contributed by atoms with Crippen molar-refractivity contribution in [3.63, 3.8) is 0 Å². The van der Waals surface area contributed by atoms with E-state index in [-0.39, 0.29) is 11.1 Å². The number of nitrogens with zero attached hydrogens (tertiary/aromatic N) is 2. The fourth-order valence-electron chi connectivity index (χ4n) is 2.14. The van der Waals surface area contributed by atoms with Crippen molar-refractivity contribution in [3.8, 4) is 0 Å². The molecule has 0 saturated carbocycles. The van der Waals surface area contributed by atoms with Gasteiger partial charge in [0.05, 0.1) is 5.69 Å². The van der Waals surface area contributed by atoms with Gasteiger partial charge in [-0.15, -0.1) is 5.23 Å². The van der Waals surface area contributed by atoms with Gasteiger partial charge >= 0.3 is 0 Å². The lowest BCUT2D eigenvalue weighted by atomic mass is 10.0. The van der Waals surface area contributed by atoms with Crippen LogP contribution < -0.4 is 10.1 Å². The van der Waals surface area contributed by atoms with E-state index in [9.17, 15) is 4.79 Å². The molecule has 0 aromatic heterocycles. The Morgan fingerprint density at radius 3 is 2.76 bits per heavy atom. The summed E-state index contributed by atoms with van der Waals surface area (Å²) < 4.78 is 0. The molecule has 1 aliphatic heterocycles. The van der Waals surface area contributed by atoms with Crippen LogP contribution in [0, 0.1) is 0 Å². The average Bonchev–Trinajstić information content (AvgIpc) is 2.32. The molecule has 1 heterocycles. The first-order chi connectivity index (χ1) is 8.13. The number of carbonyl (C=O) groups is 1. The predicted octanol–water partition coefficient (Wildman–Crippen LogP) is 1.96. The quantitative estimate of drug-likeness (QED) is 0.787. The normalized spacial score (nSPS) is 14.8. The lowest BCUT2D eigenvalue weighted by Crippen LogP contribution is -2.35. The maximum absolute atomic E-state index is 11.8. The molecule has 0 radical (unpaired) electrons. The van der Waals surface area contributed by atoms with Crippen molar-refractivity contribution < 1.29 is 15.2 Å². The van der Waals surface area contributed by atoms with Crippen molar-refractivity contribution in [2.24, 2.45) is 0 Å². The van der Waals surface area contributed by atoms with E-state index in [1.54, 1.807) is 23.1 Å². The Labute approximate surface area is 99.8 Å². The molecule has 0 bridgehead atoms. The van der Waals surface area contributed by atoms with Crippen LogP contribution in [0.3, 0.4) is 0 Å². The highest BCUT2D eigenvalue weighted by molar-refractivity contribution is 5.96.